The van der Waals surface area contributed by atoms with E-state index in [1.807, 2.05) is 62.3 Å². The number of nitrogens with zero attached hydrogens (tertiary/aromatic N) is 3. The van der Waals surface area contributed by atoms with Gasteiger partial charge in [0.2, 0.25) is 5.91 Å². The van der Waals surface area contributed by atoms with E-state index in [4.69, 9.17) is 9.47 Å². The number of thiazole rings is 1. The number of fused-ring (bicyclic) bond motifs is 1. The Morgan fingerprint density at radius 3 is 2.59 bits per heavy atom. The predicted molar refractivity (Wildman–Crippen MR) is 117 cm³/mol. The van der Waals surface area contributed by atoms with E-state index in [-0.39, 0.29) is 11.9 Å². The van der Waals surface area contributed by atoms with Crippen molar-refractivity contribution in [1.29, 1.82) is 0 Å². The van der Waals surface area contributed by atoms with E-state index < -0.39 is 0 Å². The molecule has 0 aliphatic carbocycles. The van der Waals surface area contributed by atoms with Crippen LogP contribution in [0.2, 0.25) is 0 Å². The second kappa shape index (κ2) is 9.24. The molecule has 0 unspecified atom stereocenters. The van der Waals surface area contributed by atoms with Crippen LogP contribution in [0, 0.1) is 0 Å². The fourth-order valence-electron chi connectivity index (χ4n) is 3.12. The van der Waals surface area contributed by atoms with Crippen LogP contribution < -0.4 is 9.47 Å². The van der Waals surface area contributed by atoms with Crippen molar-refractivity contribution in [2.24, 2.45) is 0 Å². The number of methoxy groups -OCH3 is 2. The summed E-state index contributed by atoms with van der Waals surface area (Å²) in [6, 6.07) is 13.7. The number of amides is 1. The Bertz CT molecular complexity index is 955. The van der Waals surface area contributed by atoms with Crippen LogP contribution in [-0.2, 0) is 11.3 Å². The second-order valence-corrected chi connectivity index (χ2v) is 8.11. The molecular formula is C22H27N3O3S. The molecule has 0 bridgehead atoms. The fraction of sp³-hybridized carbons (Fsp3) is 0.364. The Balaban J connectivity index is 1.64. The Hall–Kier alpha value is -2.64. The van der Waals surface area contributed by atoms with Crippen LogP contribution in [0.3, 0.4) is 0 Å². The molecule has 6 nitrogen and oxygen atoms in total. The third-order valence-corrected chi connectivity index (χ3v) is 6.19. The van der Waals surface area contributed by atoms with Crippen molar-refractivity contribution in [3.05, 3.63) is 53.0 Å². The lowest BCUT2D eigenvalue weighted by atomic mass is 10.1. The second-order valence-electron chi connectivity index (χ2n) is 7.05. The van der Waals surface area contributed by atoms with E-state index in [0.29, 0.717) is 13.1 Å². The maximum Gasteiger partial charge on any atom is 0.237 e. The molecule has 0 N–H and O–H groups in total. The number of hydrogen-bond donors (Lipinski definition) is 0. The molecule has 29 heavy (non-hydrogen) atoms. The molecule has 0 aliphatic rings. The van der Waals surface area contributed by atoms with Gasteiger partial charge >= 0.3 is 0 Å². The summed E-state index contributed by atoms with van der Waals surface area (Å²) in [6.45, 7) is 2.92. The van der Waals surface area contributed by atoms with Crippen LogP contribution in [0.1, 0.15) is 23.5 Å². The van der Waals surface area contributed by atoms with E-state index in [9.17, 15) is 4.79 Å². The van der Waals surface area contributed by atoms with Crippen molar-refractivity contribution in [3.63, 3.8) is 0 Å². The molecule has 3 aromatic rings. The minimum absolute atomic E-state index is 0.0479. The van der Waals surface area contributed by atoms with Gasteiger partial charge in [0, 0.05) is 25.2 Å². The Morgan fingerprint density at radius 1 is 1.14 bits per heavy atom. The molecule has 0 saturated heterocycles. The average Bonchev–Trinajstić information content (AvgIpc) is 3.17. The van der Waals surface area contributed by atoms with Crippen molar-refractivity contribution >= 4 is 27.5 Å². The first-order valence-corrected chi connectivity index (χ1v) is 10.2. The number of carbonyl (C=O) groups excluding carboxylic acids is 1. The third kappa shape index (κ3) is 4.86. The zero-order valence-corrected chi connectivity index (χ0v) is 18.3. The number of para-hydroxylation sites is 1. The molecule has 1 amide bonds. The normalized spacial score (nSPS) is 12.2. The molecule has 1 aromatic heterocycles. The van der Waals surface area contributed by atoms with E-state index in [1.54, 1.807) is 30.5 Å². The quantitative estimate of drug-likeness (QED) is 0.559. The molecule has 1 heterocycles. The number of hydrogen-bond acceptors (Lipinski definition) is 6. The lowest BCUT2D eigenvalue weighted by Gasteiger charge is -2.26. The predicted octanol–water partition coefficient (Wildman–Crippen LogP) is 3.96. The fourth-order valence-corrected chi connectivity index (χ4v) is 4.18. The third-order valence-electron chi connectivity index (χ3n) is 4.98. The highest BCUT2D eigenvalue weighted by Gasteiger charge is 2.22. The van der Waals surface area contributed by atoms with Gasteiger partial charge in [-0.05, 0) is 32.2 Å². The van der Waals surface area contributed by atoms with Crippen molar-refractivity contribution in [1.82, 2.24) is 14.8 Å². The average molecular weight is 414 g/mol. The van der Waals surface area contributed by atoms with E-state index in [1.165, 1.54) is 0 Å². The zero-order chi connectivity index (χ0) is 21.0. The number of likely N-dealkylation sites (N-methyl/N-ethyl adjacent to an activating group) is 2. The SMILES string of the molecule is COc1ccc(CN(C)CC(=O)N(C)[C@@H](C)c2nc3ccccc3s2)c(OC)c1. The summed E-state index contributed by atoms with van der Waals surface area (Å²) in [4.78, 5) is 21.3. The van der Waals surface area contributed by atoms with Gasteiger partial charge in [-0.3, -0.25) is 9.69 Å². The molecule has 2 aromatic carbocycles. The van der Waals surface area contributed by atoms with Gasteiger partial charge in [-0.25, -0.2) is 4.98 Å². The minimum atomic E-state index is -0.0798. The standard InChI is InChI=1S/C22H27N3O3S/c1-15(22-23-18-8-6-7-9-20(18)29-22)25(3)21(26)14-24(2)13-16-10-11-17(27-4)12-19(16)28-5/h6-12,15H,13-14H2,1-5H3/t15-/m0/s1. The van der Waals surface area contributed by atoms with Crippen LogP contribution in [0.4, 0.5) is 0 Å². The van der Waals surface area contributed by atoms with Crippen LogP contribution >= 0.6 is 11.3 Å². The van der Waals surface area contributed by atoms with E-state index in [0.717, 1.165) is 32.3 Å². The van der Waals surface area contributed by atoms with E-state index in [2.05, 4.69) is 11.1 Å². The van der Waals surface area contributed by atoms with Crippen molar-refractivity contribution < 1.29 is 14.3 Å². The van der Waals surface area contributed by atoms with Gasteiger partial charge in [-0.15, -0.1) is 11.3 Å². The number of ether oxygens (including phenoxy) is 2. The first-order valence-electron chi connectivity index (χ1n) is 9.43. The Morgan fingerprint density at radius 2 is 1.90 bits per heavy atom. The van der Waals surface area contributed by atoms with Gasteiger partial charge in [0.15, 0.2) is 0 Å². The summed E-state index contributed by atoms with van der Waals surface area (Å²) in [7, 11) is 7.03. The Labute approximate surface area is 175 Å². The van der Waals surface area contributed by atoms with Gasteiger partial charge in [0.1, 0.15) is 16.5 Å². The largest absolute Gasteiger partial charge is 0.497 e. The maximum absolute atomic E-state index is 12.8. The van der Waals surface area contributed by atoms with Crippen molar-refractivity contribution in [2.75, 3.05) is 34.9 Å². The minimum Gasteiger partial charge on any atom is -0.497 e. The molecule has 154 valence electrons. The summed E-state index contributed by atoms with van der Waals surface area (Å²) in [5, 5.41) is 0.946. The first kappa shape index (κ1) is 21.1. The number of rotatable bonds is 8. The summed E-state index contributed by atoms with van der Waals surface area (Å²) in [6.07, 6.45) is 0. The molecular weight excluding hydrogens is 386 g/mol. The summed E-state index contributed by atoms with van der Waals surface area (Å²) in [5.41, 5.74) is 1.98. The van der Waals surface area contributed by atoms with Crippen LogP contribution in [0.15, 0.2) is 42.5 Å². The molecule has 0 spiro atoms. The van der Waals surface area contributed by atoms with Gasteiger partial charge in [0.25, 0.3) is 0 Å². The number of carbonyl (C=O) groups is 1. The smallest absolute Gasteiger partial charge is 0.237 e. The monoisotopic (exact) mass is 413 g/mol. The number of aromatic nitrogens is 1. The number of benzene rings is 2. The van der Waals surface area contributed by atoms with Crippen LogP contribution in [-0.4, -0.2) is 55.6 Å². The van der Waals surface area contributed by atoms with Crippen LogP contribution in [0.25, 0.3) is 10.2 Å². The molecule has 7 heteroatoms. The topological polar surface area (TPSA) is 54.9 Å². The highest BCUT2D eigenvalue weighted by Crippen LogP contribution is 2.29. The summed E-state index contributed by atoms with van der Waals surface area (Å²) in [5.74, 6) is 1.54. The first-order chi connectivity index (χ1) is 13.9. The van der Waals surface area contributed by atoms with Gasteiger partial charge in [-0.2, -0.15) is 0 Å². The molecule has 0 saturated carbocycles. The Kier molecular flexibility index (Phi) is 6.71. The molecule has 0 radical (unpaired) electrons. The molecule has 1 atom stereocenters. The highest BCUT2D eigenvalue weighted by atomic mass is 32.1. The summed E-state index contributed by atoms with van der Waals surface area (Å²) >= 11 is 1.63. The van der Waals surface area contributed by atoms with Crippen molar-refractivity contribution in [3.8, 4) is 11.5 Å². The molecule has 0 aliphatic heterocycles. The van der Waals surface area contributed by atoms with Crippen molar-refractivity contribution in [2.45, 2.75) is 19.5 Å². The lowest BCUT2D eigenvalue weighted by Crippen LogP contribution is -2.37. The van der Waals surface area contributed by atoms with Gasteiger partial charge in [0.05, 0.1) is 37.0 Å². The van der Waals surface area contributed by atoms with E-state index >= 15 is 0 Å². The zero-order valence-electron chi connectivity index (χ0n) is 17.5. The van der Waals surface area contributed by atoms with Gasteiger partial charge in [-0.1, -0.05) is 18.2 Å². The lowest BCUT2D eigenvalue weighted by molar-refractivity contribution is -0.132. The molecule has 3 rings (SSSR count). The maximum atomic E-state index is 12.8. The van der Waals surface area contributed by atoms with Crippen LogP contribution in [0.5, 0.6) is 11.5 Å². The highest BCUT2D eigenvalue weighted by molar-refractivity contribution is 7.18. The van der Waals surface area contributed by atoms with Gasteiger partial charge < -0.3 is 14.4 Å². The molecule has 0 fully saturated rings. The summed E-state index contributed by atoms with van der Waals surface area (Å²) < 4.78 is 11.8.